The van der Waals surface area contributed by atoms with Crippen LogP contribution in [0.1, 0.15) is 100 Å². The Morgan fingerprint density at radius 1 is 0.273 bits per heavy atom. The van der Waals surface area contributed by atoms with Crippen LogP contribution < -0.4 is 0 Å². The van der Waals surface area contributed by atoms with Crippen LogP contribution in [0.3, 0.4) is 0 Å². The minimum Gasteiger partial charge on any atom is -0.459 e. The molecule has 0 amide bonds. The Balaban J connectivity index is 1.06. The molecule has 25 nitrogen and oxygen atoms in total. The van der Waals surface area contributed by atoms with Crippen molar-refractivity contribution >= 4 is 59.7 Å². The summed E-state index contributed by atoms with van der Waals surface area (Å²) in [5, 5.41) is 0. The zero-order valence-electron chi connectivity index (χ0n) is 53.7. The normalized spacial score (nSPS) is 24.7. The van der Waals surface area contributed by atoms with E-state index in [-0.39, 0.29) is 38.9 Å². The van der Waals surface area contributed by atoms with Crippen molar-refractivity contribution in [3.63, 3.8) is 0 Å². The van der Waals surface area contributed by atoms with Crippen molar-refractivity contribution in [1.29, 1.82) is 0 Å². The zero-order valence-corrected chi connectivity index (χ0v) is 53.7. The fourth-order valence-electron chi connectivity index (χ4n) is 11.1. The lowest BCUT2D eigenvalue weighted by atomic mass is 9.91. The van der Waals surface area contributed by atoms with Gasteiger partial charge in [-0.05, 0) is 84.9 Å². The van der Waals surface area contributed by atoms with Gasteiger partial charge in [0, 0.05) is 26.7 Å². The van der Waals surface area contributed by atoms with Crippen LogP contribution in [0.4, 0.5) is 0 Å². The van der Waals surface area contributed by atoms with Crippen molar-refractivity contribution in [1.82, 2.24) is 0 Å². The molecule has 99 heavy (non-hydrogen) atoms. The summed E-state index contributed by atoms with van der Waals surface area (Å²) in [4.78, 5) is 140. The van der Waals surface area contributed by atoms with E-state index in [4.69, 9.17) is 71.1 Å². The van der Waals surface area contributed by atoms with Gasteiger partial charge in [-0.1, -0.05) is 134 Å². The van der Waals surface area contributed by atoms with Crippen LogP contribution in [-0.4, -0.2) is 166 Å². The smallest absolute Gasteiger partial charge is 0.338 e. The number of esters is 10. The van der Waals surface area contributed by atoms with Crippen LogP contribution in [-0.2, 0) is 85.4 Å². The Morgan fingerprint density at radius 2 is 0.535 bits per heavy atom. The molecule has 0 aromatic heterocycles. The van der Waals surface area contributed by atoms with Gasteiger partial charge < -0.3 is 71.1 Å². The summed E-state index contributed by atoms with van der Waals surface area (Å²) in [5.74, 6) is -10.9. The molecule has 10 rings (SSSR count). The van der Waals surface area contributed by atoms with E-state index in [1.54, 1.807) is 103 Å². The van der Waals surface area contributed by atoms with Gasteiger partial charge in [-0.2, -0.15) is 0 Å². The molecule has 0 N–H and O–H groups in total. The molecule has 3 fully saturated rings. The van der Waals surface area contributed by atoms with E-state index in [1.165, 1.54) is 116 Å². The number of hydrogen-bond acceptors (Lipinski definition) is 25. The highest BCUT2D eigenvalue weighted by Gasteiger charge is 2.59. The van der Waals surface area contributed by atoms with Gasteiger partial charge in [0.2, 0.25) is 6.29 Å². The average Bonchev–Trinajstić information content (AvgIpc) is 0.764. The number of benzene rings is 7. The van der Waals surface area contributed by atoms with Crippen LogP contribution in [0, 0.1) is 5.92 Å². The van der Waals surface area contributed by atoms with E-state index >= 15 is 0 Å². The summed E-state index contributed by atoms with van der Waals surface area (Å²) in [6.45, 7) is 2.29. The van der Waals surface area contributed by atoms with Crippen LogP contribution in [0.2, 0.25) is 0 Å². The first-order chi connectivity index (χ1) is 47.9. The second-order valence-electron chi connectivity index (χ2n) is 22.8. The first kappa shape index (κ1) is 70.8. The highest BCUT2D eigenvalue weighted by Crippen LogP contribution is 2.39. The van der Waals surface area contributed by atoms with Crippen molar-refractivity contribution in [3.05, 3.63) is 251 Å². The Morgan fingerprint density at radius 3 is 0.899 bits per heavy atom. The molecule has 514 valence electrons. The van der Waals surface area contributed by atoms with Gasteiger partial charge in [0.05, 0.1) is 45.6 Å². The number of carbonyl (C=O) groups excluding carboxylic acids is 10. The summed E-state index contributed by atoms with van der Waals surface area (Å²) < 4.78 is 93.6. The highest BCUT2D eigenvalue weighted by molar-refractivity contribution is 5.93. The summed E-state index contributed by atoms with van der Waals surface area (Å²) >= 11 is 0. The first-order valence-corrected chi connectivity index (χ1v) is 31.4. The lowest BCUT2D eigenvalue weighted by Crippen LogP contribution is -2.67. The van der Waals surface area contributed by atoms with E-state index in [2.05, 4.69) is 0 Å². The lowest BCUT2D eigenvalue weighted by Gasteiger charge is -2.49. The van der Waals surface area contributed by atoms with Gasteiger partial charge in [-0.15, -0.1) is 0 Å². The molecule has 7 aromatic rings. The fourth-order valence-corrected chi connectivity index (χ4v) is 11.1. The number of carbonyl (C=O) groups is 10. The topological polar surface area (TPSA) is 309 Å². The van der Waals surface area contributed by atoms with E-state index < -0.39 is 171 Å². The van der Waals surface area contributed by atoms with E-state index in [1.807, 2.05) is 0 Å². The molecule has 15 atom stereocenters. The minimum atomic E-state index is -2.19. The van der Waals surface area contributed by atoms with Crippen LogP contribution in [0.15, 0.2) is 212 Å². The van der Waals surface area contributed by atoms with Gasteiger partial charge in [0.15, 0.2) is 49.2 Å². The maximum Gasteiger partial charge on any atom is 0.338 e. The second-order valence-corrected chi connectivity index (χ2v) is 22.8. The standard InChI is InChI=1S/C74H68O25/c1-43-57(94-67(80)49-30-16-7-17-31-49)58(95-68(81)50-32-18-8-19-33-50)54(40-85-65(78)47-26-12-5-13-27-47)91-72(43)87-42-56-59(88-44(2)75)62(63(89-45(3)76)73(92-56)90-46(4)77)99-74-64(98-71(84)53-38-24-11-25-39-53)61(97-70(83)52-36-22-10-23-37-52)60(96-69(82)51-34-20-9-21-35-51)55(93-74)41-86-66(79)48-28-14-6-15-29-48/h5-39,43,54-64,72-74H,40-42H2,1-4H3/t43?,54?,55?,56?,57?,58?,59-,60?,61?,62?,63?,64?,72?,73+,74?/m1/s1. The third-order valence-electron chi connectivity index (χ3n) is 15.8. The number of rotatable bonds is 24. The van der Waals surface area contributed by atoms with Gasteiger partial charge >= 0.3 is 59.7 Å². The van der Waals surface area contributed by atoms with Crippen molar-refractivity contribution in [2.45, 2.75) is 114 Å². The quantitative estimate of drug-likeness (QED) is 0.0404. The summed E-state index contributed by atoms with van der Waals surface area (Å²) in [6, 6.07) is 54.0. The molecule has 0 saturated carbocycles. The fraction of sp³-hybridized carbons (Fsp3) is 0.297. The van der Waals surface area contributed by atoms with Crippen molar-refractivity contribution in [2.24, 2.45) is 5.92 Å². The molecule has 7 aromatic carbocycles. The van der Waals surface area contributed by atoms with Crippen molar-refractivity contribution in [2.75, 3.05) is 19.8 Å². The summed E-state index contributed by atoms with van der Waals surface area (Å²) in [6.07, 6.45) is -25.7. The molecule has 3 aliphatic heterocycles. The second kappa shape index (κ2) is 33.8. The van der Waals surface area contributed by atoms with Crippen LogP contribution in [0.5, 0.6) is 0 Å². The van der Waals surface area contributed by atoms with Gasteiger partial charge in [-0.25, -0.2) is 33.6 Å². The third-order valence-corrected chi connectivity index (χ3v) is 15.8. The van der Waals surface area contributed by atoms with E-state index in [0.717, 1.165) is 20.8 Å². The highest BCUT2D eigenvalue weighted by atomic mass is 16.8. The third kappa shape index (κ3) is 18.6. The van der Waals surface area contributed by atoms with E-state index in [9.17, 15) is 47.9 Å². The van der Waals surface area contributed by atoms with Gasteiger partial charge in [0.1, 0.15) is 43.7 Å². The maximum absolute atomic E-state index is 14.6. The Hall–Kier alpha value is -11.0. The molecule has 25 heteroatoms. The molecule has 0 spiro atoms. The van der Waals surface area contributed by atoms with Crippen molar-refractivity contribution in [3.8, 4) is 0 Å². The molecule has 13 unspecified atom stereocenters. The monoisotopic (exact) mass is 1360 g/mol. The Bertz CT molecular complexity index is 3900. The Labute approximate surface area is 567 Å². The SMILES string of the molecule is CC(=O)OC1C(OC2OC(COC(=O)c3ccccc3)C(OC(=O)c3ccccc3)C(OC(=O)c3ccccc3)C2OC(=O)c2ccccc2)[C@H](OC(C)=O)C(COC2OC(COC(=O)c3ccccc3)C(OC(=O)c3ccccc3)C(OC(=O)c3ccccc3)C2C)O[C@@H]1OC(C)=O. The maximum atomic E-state index is 14.6. The molecule has 3 heterocycles. The first-order valence-electron chi connectivity index (χ1n) is 31.4. The summed E-state index contributed by atoms with van der Waals surface area (Å²) in [5.41, 5.74) is 0.303. The van der Waals surface area contributed by atoms with Gasteiger partial charge in [0.25, 0.3) is 0 Å². The predicted octanol–water partition coefficient (Wildman–Crippen LogP) is 8.47. The van der Waals surface area contributed by atoms with Crippen LogP contribution in [0.25, 0.3) is 0 Å². The largest absolute Gasteiger partial charge is 0.459 e. The van der Waals surface area contributed by atoms with Crippen LogP contribution >= 0.6 is 0 Å². The molecule has 3 saturated heterocycles. The Kier molecular flexibility index (Phi) is 24.2. The van der Waals surface area contributed by atoms with Gasteiger partial charge in [-0.3, -0.25) is 14.4 Å². The summed E-state index contributed by atoms with van der Waals surface area (Å²) in [7, 11) is 0. The average molecular weight is 1360 g/mol. The molecule has 0 aliphatic carbocycles. The molecule has 0 bridgehead atoms. The lowest BCUT2D eigenvalue weighted by molar-refractivity contribution is -0.360. The predicted molar refractivity (Wildman–Crippen MR) is 341 cm³/mol. The zero-order chi connectivity index (χ0) is 70.0. The molecule has 0 radical (unpaired) electrons. The van der Waals surface area contributed by atoms with E-state index in [0.29, 0.717) is 0 Å². The molecular weight excluding hydrogens is 1290 g/mol. The van der Waals surface area contributed by atoms with Crippen molar-refractivity contribution < 1.29 is 119 Å². The molecule has 3 aliphatic rings. The number of ether oxygens (including phenoxy) is 15. The minimum absolute atomic E-state index is 0.00707. The number of hydrogen-bond donors (Lipinski definition) is 0. The molecular formula is C74H68O25.